The molecule has 1 aliphatic carbocycles. The van der Waals surface area contributed by atoms with Crippen LogP contribution in [0.4, 0.5) is 0 Å². The Kier molecular flexibility index (Phi) is 19.3. The largest absolute Gasteiger partial charge is 0.388 e. The summed E-state index contributed by atoms with van der Waals surface area (Å²) in [5.41, 5.74) is 15.7. The van der Waals surface area contributed by atoms with Crippen LogP contribution in [-0.4, -0.2) is 85.6 Å². The molecule has 11 unspecified atom stereocenters. The lowest BCUT2D eigenvalue weighted by Crippen LogP contribution is -2.69. The highest BCUT2D eigenvalue weighted by Gasteiger charge is 2.57. The van der Waals surface area contributed by atoms with E-state index in [1.54, 1.807) is 6.08 Å². The van der Waals surface area contributed by atoms with Crippen molar-refractivity contribution in [1.29, 1.82) is 0 Å². The number of aliphatic hydroxyl groups is 1. The van der Waals surface area contributed by atoms with Crippen molar-refractivity contribution in [3.05, 3.63) is 238 Å². The van der Waals surface area contributed by atoms with Crippen LogP contribution in [0.3, 0.4) is 0 Å². The quantitative estimate of drug-likeness (QED) is 0.0254. The van der Waals surface area contributed by atoms with Crippen LogP contribution in [0.2, 0.25) is 0 Å². The zero-order valence-corrected chi connectivity index (χ0v) is 39.1. The molecular weight excluding hydrogens is 887 g/mol. The molecule has 2 fully saturated rings. The lowest BCUT2D eigenvalue weighted by Gasteiger charge is -2.51. The van der Waals surface area contributed by atoms with Crippen molar-refractivity contribution in [3.8, 4) is 0 Å². The molecule has 13 nitrogen and oxygen atoms in total. The maximum atomic E-state index is 12.1. The molecule has 8 rings (SSSR count). The van der Waals surface area contributed by atoms with Crippen LogP contribution < -0.4 is 0 Å². The van der Waals surface area contributed by atoms with Gasteiger partial charge in [-0.2, -0.15) is 0 Å². The number of hydrogen-bond donors (Lipinski definition) is 1. The number of ether oxygens (including phenoxy) is 9. The van der Waals surface area contributed by atoms with Gasteiger partial charge in [0, 0.05) is 4.91 Å². The second-order valence-corrected chi connectivity index (χ2v) is 17.2. The van der Waals surface area contributed by atoms with Gasteiger partial charge in [0.2, 0.25) is 0 Å². The van der Waals surface area contributed by atoms with Crippen molar-refractivity contribution in [2.24, 2.45) is 5.11 Å². The molecule has 1 N–H and O–H groups in total. The Bertz CT molecular complexity index is 2460. The lowest BCUT2D eigenvalue weighted by molar-refractivity contribution is -0.338. The van der Waals surface area contributed by atoms with Crippen LogP contribution in [-0.2, 0) is 82.3 Å². The van der Waals surface area contributed by atoms with Crippen molar-refractivity contribution in [2.75, 3.05) is 13.2 Å². The summed E-state index contributed by atoms with van der Waals surface area (Å²) < 4.78 is 61.6. The van der Waals surface area contributed by atoms with Gasteiger partial charge in [-0.25, -0.2) is 0 Å². The van der Waals surface area contributed by atoms with Crippen molar-refractivity contribution in [3.63, 3.8) is 0 Å². The molecule has 13 heteroatoms. The minimum absolute atomic E-state index is 0.0415. The van der Waals surface area contributed by atoms with Gasteiger partial charge in [0.1, 0.15) is 54.9 Å². The molecule has 6 aromatic rings. The predicted molar refractivity (Wildman–Crippen MR) is 264 cm³/mol. The third-order valence-electron chi connectivity index (χ3n) is 12.3. The molecule has 11 atom stereocenters. The van der Waals surface area contributed by atoms with Gasteiger partial charge in [-0.15, -0.1) is 6.58 Å². The summed E-state index contributed by atoms with van der Waals surface area (Å²) in [6.45, 7) is 5.20. The van der Waals surface area contributed by atoms with Gasteiger partial charge in [0.15, 0.2) is 6.29 Å². The molecule has 0 amide bonds. The summed E-state index contributed by atoms with van der Waals surface area (Å²) >= 11 is 0. The second-order valence-electron chi connectivity index (χ2n) is 17.2. The Hall–Kier alpha value is -6.03. The molecule has 70 heavy (non-hydrogen) atoms. The summed E-state index contributed by atoms with van der Waals surface area (Å²) in [4.78, 5) is 3.25. The van der Waals surface area contributed by atoms with Gasteiger partial charge in [-0.05, 0) is 38.9 Å². The van der Waals surface area contributed by atoms with Crippen LogP contribution >= 0.6 is 0 Å². The van der Waals surface area contributed by atoms with E-state index in [1.807, 2.05) is 182 Å². The smallest absolute Gasteiger partial charge is 0.169 e. The highest BCUT2D eigenvalue weighted by atomic mass is 16.7. The fourth-order valence-electron chi connectivity index (χ4n) is 8.79. The lowest BCUT2D eigenvalue weighted by atomic mass is 9.83. The minimum Gasteiger partial charge on any atom is -0.388 e. The standard InChI is InChI=1S/C57H61N3O10/c1-2-33-63-54-52(66-37-44-27-15-6-16-28-44)51(65-36-43-25-13-5-14-26-43)53(67-38-45-29-17-7-18-30-45)55(68-39-46-31-19-8-20-32-46)56(54)70-57-48(59-60-58)50(64-35-42-23-11-4-12-24-42)49(61)47(69-57)40-62-34-41-21-9-3-10-22-41/h2-32,47-57,61H,1,33-40H2. The van der Waals surface area contributed by atoms with Crippen LogP contribution in [0, 0.1) is 0 Å². The van der Waals surface area contributed by atoms with Gasteiger partial charge in [-0.1, -0.05) is 193 Å². The van der Waals surface area contributed by atoms with Crippen molar-refractivity contribution in [2.45, 2.75) is 107 Å². The number of rotatable bonds is 25. The van der Waals surface area contributed by atoms with Crippen molar-refractivity contribution in [1.82, 2.24) is 0 Å². The zero-order valence-electron chi connectivity index (χ0n) is 39.1. The Morgan fingerprint density at radius 1 is 0.471 bits per heavy atom. The molecule has 0 radical (unpaired) electrons. The summed E-state index contributed by atoms with van der Waals surface area (Å²) in [6.07, 6.45) is -8.49. The molecule has 0 aromatic heterocycles. The van der Waals surface area contributed by atoms with E-state index in [1.165, 1.54) is 0 Å². The van der Waals surface area contributed by atoms with E-state index in [2.05, 4.69) is 16.6 Å². The molecule has 0 spiro atoms. The summed E-state index contributed by atoms with van der Waals surface area (Å²) in [5, 5.41) is 16.3. The average molecular weight is 948 g/mol. The molecule has 6 aromatic carbocycles. The van der Waals surface area contributed by atoms with Gasteiger partial charge in [0.05, 0.1) is 59.0 Å². The predicted octanol–water partition coefficient (Wildman–Crippen LogP) is 9.86. The average Bonchev–Trinajstić information content (AvgIpc) is 3.41. The van der Waals surface area contributed by atoms with E-state index in [4.69, 9.17) is 42.6 Å². The Morgan fingerprint density at radius 2 is 0.800 bits per heavy atom. The number of azide groups is 1. The third-order valence-corrected chi connectivity index (χ3v) is 12.3. The molecule has 364 valence electrons. The number of nitrogens with zero attached hydrogens (tertiary/aromatic N) is 3. The Morgan fingerprint density at radius 3 is 1.16 bits per heavy atom. The van der Waals surface area contributed by atoms with E-state index >= 15 is 0 Å². The zero-order chi connectivity index (χ0) is 48.2. The normalized spacial score (nSPS) is 25.4. The molecule has 2 aliphatic rings. The summed E-state index contributed by atoms with van der Waals surface area (Å²) in [5.74, 6) is 0. The van der Waals surface area contributed by atoms with E-state index in [9.17, 15) is 10.6 Å². The SMILES string of the molecule is C=CCOC1C(OCc2ccccc2)C(OCc2ccccc2)C(OCc2ccccc2)C(OCc2ccccc2)C1OC1OC(COCc2ccccc2)C(O)C(OCc2ccccc2)C1N=[N+]=[N-]. The molecule has 0 bridgehead atoms. The maximum Gasteiger partial charge on any atom is 0.169 e. The van der Waals surface area contributed by atoms with Crippen LogP contribution in [0.5, 0.6) is 0 Å². The maximum absolute atomic E-state index is 12.1. The van der Waals surface area contributed by atoms with Crippen molar-refractivity contribution < 1.29 is 47.7 Å². The van der Waals surface area contributed by atoms with E-state index in [0.717, 1.165) is 33.4 Å². The van der Waals surface area contributed by atoms with E-state index in [0.29, 0.717) is 0 Å². The minimum atomic E-state index is -1.33. The molecule has 1 saturated heterocycles. The Labute approximate surface area is 410 Å². The topological polar surface area (TPSA) is 152 Å². The second kappa shape index (κ2) is 26.8. The Balaban J connectivity index is 1.21. The summed E-state index contributed by atoms with van der Waals surface area (Å²) in [6, 6.07) is 57.5. The molecular formula is C57H61N3O10. The monoisotopic (exact) mass is 947 g/mol. The first kappa shape index (κ1) is 50.4. The highest BCUT2D eigenvalue weighted by molar-refractivity contribution is 5.19. The summed E-state index contributed by atoms with van der Waals surface area (Å²) in [7, 11) is 0. The molecule has 1 heterocycles. The first-order chi connectivity index (χ1) is 34.6. The number of benzene rings is 6. The third kappa shape index (κ3) is 14.1. The van der Waals surface area contributed by atoms with Gasteiger partial charge in [-0.3, -0.25) is 0 Å². The van der Waals surface area contributed by atoms with E-state index < -0.39 is 67.3 Å². The van der Waals surface area contributed by atoms with Crippen LogP contribution in [0.25, 0.3) is 10.4 Å². The number of hydrogen-bond acceptors (Lipinski definition) is 11. The first-order valence-corrected chi connectivity index (χ1v) is 23.7. The van der Waals surface area contributed by atoms with Crippen LogP contribution in [0.1, 0.15) is 33.4 Å². The first-order valence-electron chi connectivity index (χ1n) is 23.7. The fourth-order valence-corrected chi connectivity index (χ4v) is 8.79. The number of aliphatic hydroxyl groups excluding tert-OH is 1. The highest BCUT2D eigenvalue weighted by Crippen LogP contribution is 2.39. The molecule has 1 saturated carbocycles. The van der Waals surface area contributed by atoms with Gasteiger partial charge in [0.25, 0.3) is 0 Å². The van der Waals surface area contributed by atoms with Gasteiger partial charge >= 0.3 is 0 Å². The van der Waals surface area contributed by atoms with E-state index in [-0.39, 0.29) is 52.9 Å². The van der Waals surface area contributed by atoms with Gasteiger partial charge < -0.3 is 47.7 Å². The fraction of sp³-hybridized carbons (Fsp3) is 0.333. The van der Waals surface area contributed by atoms with Crippen molar-refractivity contribution >= 4 is 0 Å². The van der Waals surface area contributed by atoms with Crippen LogP contribution in [0.15, 0.2) is 200 Å². The molecule has 1 aliphatic heterocycles.